The van der Waals surface area contributed by atoms with Crippen LogP contribution in [0.15, 0.2) is 75.9 Å². The van der Waals surface area contributed by atoms with Crippen LogP contribution in [0.2, 0.25) is 0 Å². The van der Waals surface area contributed by atoms with Gasteiger partial charge in [-0.25, -0.2) is 0 Å². The summed E-state index contributed by atoms with van der Waals surface area (Å²) in [6, 6.07) is 18.9. The average molecular weight is 515 g/mol. The molecule has 1 saturated heterocycles. The molecule has 0 aliphatic carbocycles. The van der Waals surface area contributed by atoms with Crippen molar-refractivity contribution in [3.05, 3.63) is 88.1 Å². The Morgan fingerprint density at radius 1 is 0.974 bits per heavy atom. The first-order valence-electron chi connectivity index (χ1n) is 12.5. The second-order valence-electron chi connectivity index (χ2n) is 9.59. The lowest BCUT2D eigenvalue weighted by molar-refractivity contribution is -0.133. The van der Waals surface area contributed by atoms with Gasteiger partial charge in [0.1, 0.15) is 34.0 Å². The van der Waals surface area contributed by atoms with Crippen molar-refractivity contribution in [3.63, 3.8) is 0 Å². The van der Waals surface area contributed by atoms with Crippen LogP contribution in [0.25, 0.3) is 22.3 Å². The quantitative estimate of drug-likeness (QED) is 0.398. The van der Waals surface area contributed by atoms with E-state index < -0.39 is 11.3 Å². The molecule has 0 radical (unpaired) electrons. The second-order valence-corrected chi connectivity index (χ2v) is 9.59. The maximum Gasteiger partial charge on any atom is 0.223 e. The number of benzene rings is 3. The van der Waals surface area contributed by atoms with E-state index in [9.17, 15) is 19.8 Å². The van der Waals surface area contributed by atoms with Gasteiger partial charge in [-0.3, -0.25) is 9.59 Å². The number of rotatable bonds is 6. The van der Waals surface area contributed by atoms with Crippen LogP contribution < -0.4 is 10.2 Å². The van der Waals surface area contributed by atoms with Gasteiger partial charge in [0.15, 0.2) is 5.43 Å². The van der Waals surface area contributed by atoms with Gasteiger partial charge in [0.2, 0.25) is 5.91 Å². The molecule has 1 aliphatic rings. The number of fused-ring (bicyclic) bond motifs is 1. The summed E-state index contributed by atoms with van der Waals surface area (Å²) in [7, 11) is 3.58. The predicted molar refractivity (Wildman–Crippen MR) is 145 cm³/mol. The van der Waals surface area contributed by atoms with Gasteiger partial charge < -0.3 is 29.2 Å². The van der Waals surface area contributed by atoms with Crippen molar-refractivity contribution in [1.29, 1.82) is 0 Å². The maximum absolute atomic E-state index is 13.5. The molecule has 5 rings (SSSR count). The first kappa shape index (κ1) is 25.4. The number of likely N-dealkylation sites (N-methyl/N-ethyl adjacent to an activating group) is 1. The fourth-order valence-electron chi connectivity index (χ4n) is 5.01. The van der Waals surface area contributed by atoms with Crippen molar-refractivity contribution < 1.29 is 24.2 Å². The second kappa shape index (κ2) is 10.6. The Bertz CT molecular complexity index is 1520. The number of carbonyl (C=O) groups is 1. The van der Waals surface area contributed by atoms with Gasteiger partial charge in [-0.2, -0.15) is 0 Å². The third-order valence-corrected chi connectivity index (χ3v) is 7.14. The van der Waals surface area contributed by atoms with Gasteiger partial charge in [0.05, 0.1) is 7.11 Å². The minimum absolute atomic E-state index is 0.0313. The van der Waals surface area contributed by atoms with Gasteiger partial charge in [0, 0.05) is 61.8 Å². The molecule has 8 heteroatoms. The van der Waals surface area contributed by atoms with E-state index in [0.717, 1.165) is 19.2 Å². The Labute approximate surface area is 220 Å². The Morgan fingerprint density at radius 2 is 1.71 bits per heavy atom. The summed E-state index contributed by atoms with van der Waals surface area (Å²) >= 11 is 0. The summed E-state index contributed by atoms with van der Waals surface area (Å²) in [5.41, 5.74) is 1.25. The summed E-state index contributed by atoms with van der Waals surface area (Å²) in [5, 5.41) is 21.8. The molecular weight excluding hydrogens is 484 g/mol. The zero-order valence-corrected chi connectivity index (χ0v) is 21.4. The van der Waals surface area contributed by atoms with Crippen LogP contribution in [0.4, 0.5) is 0 Å². The number of hydrogen-bond acceptors (Lipinski definition) is 7. The smallest absolute Gasteiger partial charge is 0.223 e. The number of nitrogens with zero attached hydrogens (tertiary/aromatic N) is 2. The molecule has 1 amide bonds. The van der Waals surface area contributed by atoms with E-state index in [2.05, 4.69) is 4.90 Å². The summed E-state index contributed by atoms with van der Waals surface area (Å²) in [4.78, 5) is 30.7. The third-order valence-electron chi connectivity index (χ3n) is 7.14. The van der Waals surface area contributed by atoms with Gasteiger partial charge in [0.25, 0.3) is 0 Å². The van der Waals surface area contributed by atoms with Gasteiger partial charge >= 0.3 is 0 Å². The fourth-order valence-corrected chi connectivity index (χ4v) is 5.01. The molecule has 3 aromatic carbocycles. The number of carbonyl (C=O) groups excluding carboxylic acids is 1. The van der Waals surface area contributed by atoms with Crippen molar-refractivity contribution in [2.24, 2.45) is 0 Å². The van der Waals surface area contributed by atoms with Crippen molar-refractivity contribution in [2.75, 3.05) is 40.3 Å². The number of ether oxygens (including phenoxy) is 1. The van der Waals surface area contributed by atoms with Crippen LogP contribution in [0.3, 0.4) is 0 Å². The molecule has 38 heavy (non-hydrogen) atoms. The van der Waals surface area contributed by atoms with Crippen LogP contribution in [0, 0.1) is 0 Å². The molecule has 196 valence electrons. The zero-order chi connectivity index (χ0) is 26.8. The highest BCUT2D eigenvalue weighted by atomic mass is 16.5. The number of aromatic hydroxyl groups is 2. The van der Waals surface area contributed by atoms with E-state index in [0.29, 0.717) is 35.7 Å². The molecule has 4 aromatic rings. The number of amides is 1. The minimum atomic E-state index is -0.672. The van der Waals surface area contributed by atoms with E-state index >= 15 is 0 Å². The van der Waals surface area contributed by atoms with Crippen LogP contribution >= 0.6 is 0 Å². The lowest BCUT2D eigenvalue weighted by atomic mass is 9.85. The van der Waals surface area contributed by atoms with E-state index in [1.165, 1.54) is 6.07 Å². The number of phenols is 2. The molecule has 2 N–H and O–H groups in total. The molecule has 1 aliphatic heterocycles. The van der Waals surface area contributed by atoms with Crippen LogP contribution in [0.5, 0.6) is 17.2 Å². The van der Waals surface area contributed by atoms with Crippen molar-refractivity contribution in [1.82, 2.24) is 9.80 Å². The molecular formula is C30H30N2O6. The number of hydrogen-bond donors (Lipinski definition) is 2. The van der Waals surface area contributed by atoms with Crippen molar-refractivity contribution in [2.45, 2.75) is 12.3 Å². The lowest BCUT2D eigenvalue weighted by Gasteiger charge is -2.33. The SMILES string of the molecule is COc1cccc([C@@H](CC(=O)N2CCN(C)CC2)c2c(O)cc(O)c3c(=O)cc(-c4ccccc4)oc23)c1. The van der Waals surface area contributed by atoms with E-state index in [1.807, 2.05) is 54.4 Å². The Kier molecular flexibility index (Phi) is 7.07. The van der Waals surface area contributed by atoms with Gasteiger partial charge in [-0.15, -0.1) is 0 Å². The predicted octanol–water partition coefficient (Wildman–Crippen LogP) is 4.18. The molecule has 1 atom stereocenters. The summed E-state index contributed by atoms with van der Waals surface area (Å²) < 4.78 is 11.7. The average Bonchev–Trinajstić information content (AvgIpc) is 2.92. The summed E-state index contributed by atoms with van der Waals surface area (Å²) in [6.07, 6.45) is 0.0313. The third kappa shape index (κ3) is 4.95. The molecule has 0 bridgehead atoms. The molecule has 0 unspecified atom stereocenters. The van der Waals surface area contributed by atoms with Crippen LogP contribution in [0.1, 0.15) is 23.5 Å². The fraction of sp³-hybridized carbons (Fsp3) is 0.267. The highest BCUT2D eigenvalue weighted by Crippen LogP contribution is 2.43. The number of piperazine rings is 1. The van der Waals surface area contributed by atoms with Crippen LogP contribution in [-0.2, 0) is 4.79 Å². The van der Waals surface area contributed by atoms with Gasteiger partial charge in [-0.1, -0.05) is 42.5 Å². The van der Waals surface area contributed by atoms with Gasteiger partial charge in [-0.05, 0) is 24.7 Å². The van der Waals surface area contributed by atoms with E-state index in [1.54, 1.807) is 19.2 Å². The molecule has 1 aromatic heterocycles. The Balaban J connectivity index is 1.70. The molecule has 0 spiro atoms. The van der Waals surface area contributed by atoms with Crippen molar-refractivity contribution in [3.8, 4) is 28.6 Å². The first-order chi connectivity index (χ1) is 18.4. The first-order valence-corrected chi connectivity index (χ1v) is 12.5. The summed E-state index contributed by atoms with van der Waals surface area (Å²) in [6.45, 7) is 2.77. The largest absolute Gasteiger partial charge is 0.507 e. The maximum atomic E-state index is 13.5. The van der Waals surface area contributed by atoms with E-state index in [-0.39, 0.29) is 40.4 Å². The zero-order valence-electron chi connectivity index (χ0n) is 21.4. The number of phenolic OH excluding ortho intramolecular Hbond substituents is 2. The van der Waals surface area contributed by atoms with Crippen LogP contribution in [-0.4, -0.2) is 66.3 Å². The summed E-state index contributed by atoms with van der Waals surface area (Å²) in [5.74, 6) is -0.507. The standard InChI is InChI=1S/C30H30N2O6/c1-31-11-13-32(14-12-31)27(36)16-22(20-9-6-10-21(15-20)37-2)28-23(33)17-24(34)29-25(35)18-26(38-30(28)29)19-7-4-3-5-8-19/h3-10,15,17-18,22,33-34H,11-14,16H2,1-2H3/t22-/m1/s1. The molecule has 1 fully saturated rings. The van der Waals surface area contributed by atoms with E-state index in [4.69, 9.17) is 9.15 Å². The Hall–Kier alpha value is -4.30. The molecule has 0 saturated carbocycles. The minimum Gasteiger partial charge on any atom is -0.507 e. The monoisotopic (exact) mass is 514 g/mol. The Morgan fingerprint density at radius 3 is 2.42 bits per heavy atom. The highest BCUT2D eigenvalue weighted by Gasteiger charge is 2.30. The number of methoxy groups -OCH3 is 1. The molecule has 2 heterocycles. The van der Waals surface area contributed by atoms with Crippen molar-refractivity contribution >= 4 is 16.9 Å². The lowest BCUT2D eigenvalue weighted by Crippen LogP contribution is -2.47. The molecule has 8 nitrogen and oxygen atoms in total. The highest BCUT2D eigenvalue weighted by molar-refractivity contribution is 5.91. The topological polar surface area (TPSA) is 103 Å². The normalized spacial score (nSPS) is 14.9.